The molecule has 0 aromatic heterocycles. The average molecular weight is 328 g/mol. The molecule has 2 aromatic rings. The molecule has 2 aromatic carbocycles. The zero-order chi connectivity index (χ0) is 17.7. The highest BCUT2D eigenvalue weighted by molar-refractivity contribution is 5.76. The maximum absolute atomic E-state index is 10.2. The molecule has 0 fully saturated rings. The van der Waals surface area contributed by atoms with Crippen molar-refractivity contribution in [3.8, 4) is 22.6 Å². The fourth-order valence-corrected chi connectivity index (χ4v) is 2.73. The van der Waals surface area contributed by atoms with E-state index in [1.54, 1.807) is 37.3 Å². The Hall–Kier alpha value is -2.30. The maximum atomic E-state index is 10.2. The number of aromatic hydroxyl groups is 2. The Morgan fingerprint density at radius 2 is 1.71 bits per heavy atom. The number of hydrogen-bond donors (Lipinski definition) is 3. The van der Waals surface area contributed by atoms with Crippen LogP contribution in [0.15, 0.2) is 49.1 Å². The number of hydrogen-bond acceptors (Lipinski definition) is 4. The Labute approximate surface area is 142 Å². The van der Waals surface area contributed by atoms with Crippen LogP contribution < -0.4 is 0 Å². The molecule has 0 aliphatic rings. The second kappa shape index (κ2) is 7.99. The van der Waals surface area contributed by atoms with Crippen LogP contribution in [0, 0.1) is 0 Å². The lowest BCUT2D eigenvalue weighted by atomic mass is 9.95. The predicted molar refractivity (Wildman–Crippen MR) is 95.2 cm³/mol. The smallest absolute Gasteiger partial charge is 0.123 e. The van der Waals surface area contributed by atoms with Crippen LogP contribution in [-0.2, 0) is 11.2 Å². The van der Waals surface area contributed by atoms with E-state index in [-0.39, 0.29) is 11.5 Å². The van der Waals surface area contributed by atoms with E-state index in [0.717, 1.165) is 11.1 Å². The zero-order valence-corrected chi connectivity index (χ0v) is 14.1. The number of allylic oxidation sites excluding steroid dienone is 1. The molecule has 4 heteroatoms. The van der Waals surface area contributed by atoms with Crippen molar-refractivity contribution < 1.29 is 20.1 Å². The summed E-state index contributed by atoms with van der Waals surface area (Å²) in [5.74, 6) is 0.144. The first-order valence-corrected chi connectivity index (χ1v) is 8.03. The molecule has 0 aliphatic carbocycles. The quantitative estimate of drug-likeness (QED) is 0.673. The first-order valence-electron chi connectivity index (χ1n) is 8.03. The van der Waals surface area contributed by atoms with Gasteiger partial charge in [0.1, 0.15) is 17.6 Å². The largest absolute Gasteiger partial charge is 0.507 e. The Bertz CT molecular complexity index is 707. The van der Waals surface area contributed by atoms with Gasteiger partial charge in [0.2, 0.25) is 0 Å². The highest BCUT2D eigenvalue weighted by Gasteiger charge is 2.20. The minimum atomic E-state index is -0.692. The highest BCUT2D eigenvalue weighted by Crippen LogP contribution is 2.38. The Morgan fingerprint density at radius 3 is 2.29 bits per heavy atom. The predicted octanol–water partition coefficient (Wildman–Crippen LogP) is 3.95. The van der Waals surface area contributed by atoms with E-state index < -0.39 is 12.2 Å². The van der Waals surface area contributed by atoms with E-state index in [0.29, 0.717) is 24.2 Å². The van der Waals surface area contributed by atoms with Crippen molar-refractivity contribution in [1.29, 1.82) is 0 Å². The summed E-state index contributed by atoms with van der Waals surface area (Å²) >= 11 is 0. The lowest BCUT2D eigenvalue weighted by molar-refractivity contribution is -0.0259. The highest BCUT2D eigenvalue weighted by atomic mass is 16.5. The number of aliphatic hydroxyl groups excluding tert-OH is 1. The van der Waals surface area contributed by atoms with Crippen LogP contribution in [0.4, 0.5) is 0 Å². The van der Waals surface area contributed by atoms with Crippen LogP contribution in [-0.4, -0.2) is 28.0 Å². The van der Waals surface area contributed by atoms with Gasteiger partial charge in [-0.1, -0.05) is 18.2 Å². The summed E-state index contributed by atoms with van der Waals surface area (Å²) in [7, 11) is 0. The molecule has 128 valence electrons. The summed E-state index contributed by atoms with van der Waals surface area (Å²) in [6, 6.07) is 10.3. The topological polar surface area (TPSA) is 69.9 Å². The van der Waals surface area contributed by atoms with Crippen molar-refractivity contribution in [2.75, 3.05) is 6.61 Å². The van der Waals surface area contributed by atoms with Crippen molar-refractivity contribution in [3.63, 3.8) is 0 Å². The third-order valence-corrected chi connectivity index (χ3v) is 3.86. The van der Waals surface area contributed by atoms with E-state index in [1.807, 2.05) is 19.1 Å². The summed E-state index contributed by atoms with van der Waals surface area (Å²) in [4.78, 5) is 0. The maximum Gasteiger partial charge on any atom is 0.123 e. The Kier molecular flexibility index (Phi) is 6.01. The average Bonchev–Trinajstić information content (AvgIpc) is 2.55. The molecule has 0 spiro atoms. The zero-order valence-electron chi connectivity index (χ0n) is 14.1. The van der Waals surface area contributed by atoms with Gasteiger partial charge in [-0.15, -0.1) is 6.58 Å². The molecule has 24 heavy (non-hydrogen) atoms. The first-order chi connectivity index (χ1) is 11.5. The Morgan fingerprint density at radius 1 is 1.08 bits per heavy atom. The third kappa shape index (κ3) is 3.96. The van der Waals surface area contributed by atoms with Crippen LogP contribution in [0.2, 0.25) is 0 Å². The fraction of sp³-hybridized carbons (Fsp3) is 0.300. The number of phenolic OH excluding ortho intramolecular Hbond substituents is 2. The van der Waals surface area contributed by atoms with E-state index in [9.17, 15) is 15.3 Å². The molecule has 0 saturated heterocycles. The molecule has 0 bridgehead atoms. The van der Waals surface area contributed by atoms with E-state index in [1.165, 1.54) is 0 Å². The van der Waals surface area contributed by atoms with Crippen molar-refractivity contribution >= 4 is 0 Å². The second-order valence-corrected chi connectivity index (χ2v) is 5.74. The SMILES string of the molecule is C=CCc1ccc(O)c(-c2cc([C@@H](OCC)[C@H](C)O)ccc2O)c1. The molecule has 0 saturated carbocycles. The van der Waals surface area contributed by atoms with Gasteiger partial charge in [-0.2, -0.15) is 0 Å². The summed E-state index contributed by atoms with van der Waals surface area (Å²) < 4.78 is 5.61. The van der Waals surface area contributed by atoms with Gasteiger partial charge in [0.15, 0.2) is 0 Å². The molecule has 0 amide bonds. The monoisotopic (exact) mass is 328 g/mol. The normalized spacial score (nSPS) is 13.5. The summed E-state index contributed by atoms with van der Waals surface area (Å²) in [6.45, 7) is 7.71. The van der Waals surface area contributed by atoms with Crippen molar-refractivity contribution in [3.05, 3.63) is 60.2 Å². The molecule has 2 rings (SSSR count). The Balaban J connectivity index is 2.52. The molecule has 0 heterocycles. The molecular weight excluding hydrogens is 304 g/mol. The minimum absolute atomic E-state index is 0.0608. The number of ether oxygens (including phenoxy) is 1. The molecule has 3 N–H and O–H groups in total. The fourth-order valence-electron chi connectivity index (χ4n) is 2.73. The van der Waals surface area contributed by atoms with Gasteiger partial charge < -0.3 is 20.1 Å². The van der Waals surface area contributed by atoms with Crippen LogP contribution in [0.25, 0.3) is 11.1 Å². The van der Waals surface area contributed by atoms with Gasteiger partial charge in [-0.05, 0) is 55.7 Å². The molecule has 0 unspecified atom stereocenters. The van der Waals surface area contributed by atoms with Gasteiger partial charge in [-0.25, -0.2) is 0 Å². The van der Waals surface area contributed by atoms with E-state index in [4.69, 9.17) is 4.74 Å². The van der Waals surface area contributed by atoms with Gasteiger partial charge in [0.05, 0.1) is 6.10 Å². The summed E-state index contributed by atoms with van der Waals surface area (Å²) in [5, 5.41) is 30.4. The minimum Gasteiger partial charge on any atom is -0.507 e. The summed E-state index contributed by atoms with van der Waals surface area (Å²) in [5.41, 5.74) is 2.77. The van der Waals surface area contributed by atoms with Crippen molar-refractivity contribution in [2.24, 2.45) is 0 Å². The number of rotatable bonds is 7. The lowest BCUT2D eigenvalue weighted by Crippen LogP contribution is -2.18. The molecule has 0 aliphatic heterocycles. The van der Waals surface area contributed by atoms with Crippen molar-refractivity contribution in [2.45, 2.75) is 32.5 Å². The van der Waals surface area contributed by atoms with Crippen LogP contribution in [0.1, 0.15) is 31.1 Å². The number of benzene rings is 2. The molecule has 4 nitrogen and oxygen atoms in total. The standard InChI is InChI=1S/C20H24O4/c1-4-6-14-7-9-18(22)16(11-14)17-12-15(8-10-19(17)23)20(13(3)21)24-5-2/h4,7-13,20-23H,1,5-6H2,2-3H3/t13-,20-/m0/s1. The second-order valence-electron chi connectivity index (χ2n) is 5.74. The van der Waals surface area contributed by atoms with Crippen LogP contribution in [0.5, 0.6) is 11.5 Å². The van der Waals surface area contributed by atoms with Crippen molar-refractivity contribution in [1.82, 2.24) is 0 Å². The van der Waals surface area contributed by atoms with Crippen LogP contribution >= 0.6 is 0 Å². The van der Waals surface area contributed by atoms with Crippen LogP contribution in [0.3, 0.4) is 0 Å². The number of phenols is 2. The number of aliphatic hydroxyl groups is 1. The molecule has 2 atom stereocenters. The van der Waals surface area contributed by atoms with Gasteiger partial charge in [0.25, 0.3) is 0 Å². The van der Waals surface area contributed by atoms with Gasteiger partial charge >= 0.3 is 0 Å². The lowest BCUT2D eigenvalue weighted by Gasteiger charge is -2.21. The molecule has 0 radical (unpaired) electrons. The third-order valence-electron chi connectivity index (χ3n) is 3.86. The van der Waals surface area contributed by atoms with E-state index >= 15 is 0 Å². The first kappa shape index (κ1) is 18.0. The van der Waals surface area contributed by atoms with Gasteiger partial charge in [-0.3, -0.25) is 0 Å². The summed E-state index contributed by atoms with van der Waals surface area (Å²) in [6.07, 6.45) is 1.27. The van der Waals surface area contributed by atoms with E-state index in [2.05, 4.69) is 6.58 Å². The van der Waals surface area contributed by atoms with Gasteiger partial charge in [0, 0.05) is 17.7 Å². The molecular formula is C20H24O4.